The van der Waals surface area contributed by atoms with Crippen LogP contribution in [0.5, 0.6) is 0 Å². The van der Waals surface area contributed by atoms with Crippen LogP contribution in [0.3, 0.4) is 0 Å². The molecular formula is C24H25N3O. The monoisotopic (exact) mass is 371 g/mol. The van der Waals surface area contributed by atoms with Crippen molar-refractivity contribution in [3.8, 4) is 0 Å². The van der Waals surface area contributed by atoms with Gasteiger partial charge in [0.15, 0.2) is 0 Å². The van der Waals surface area contributed by atoms with E-state index in [1.165, 1.54) is 29.4 Å². The van der Waals surface area contributed by atoms with Gasteiger partial charge in [0.25, 0.3) is 0 Å². The van der Waals surface area contributed by atoms with Crippen LogP contribution in [0.1, 0.15) is 60.0 Å². The van der Waals surface area contributed by atoms with Gasteiger partial charge in [-0.15, -0.1) is 0 Å². The van der Waals surface area contributed by atoms with Crippen molar-refractivity contribution < 1.29 is 4.79 Å². The fourth-order valence-electron chi connectivity index (χ4n) is 5.46. The number of benzene rings is 1. The maximum absolute atomic E-state index is 12.4. The Bertz CT molecular complexity index is 1090. The van der Waals surface area contributed by atoms with Crippen LogP contribution in [0.4, 0.5) is 0 Å². The standard InChI is InChI=1S/C24H25N3O/c1-26-14-20-19(24(26)16-6-7-16)12-18(27-22(20)13-23(27)28)8-4-15-5-9-21-17(11-15)3-2-10-25-21/h2-3,5,9-11,14,16,18,22H,4,6-8,12-13H2,1H3/t18?,22-/m0/s1. The third kappa shape index (κ3) is 2.43. The fraction of sp³-hybridized carbons (Fsp3) is 0.417. The van der Waals surface area contributed by atoms with Crippen LogP contribution in [0.2, 0.25) is 0 Å². The van der Waals surface area contributed by atoms with Gasteiger partial charge in [0, 0.05) is 36.6 Å². The Kier molecular flexibility index (Phi) is 3.47. The summed E-state index contributed by atoms with van der Waals surface area (Å²) in [5.41, 5.74) is 6.93. The molecule has 1 aromatic carbocycles. The molecule has 1 aliphatic carbocycles. The van der Waals surface area contributed by atoms with Gasteiger partial charge in [-0.05, 0) is 72.9 Å². The minimum atomic E-state index is 0.320. The summed E-state index contributed by atoms with van der Waals surface area (Å²) in [5.74, 6) is 1.09. The van der Waals surface area contributed by atoms with Crippen molar-refractivity contribution in [3.63, 3.8) is 0 Å². The van der Waals surface area contributed by atoms with Crippen molar-refractivity contribution in [1.82, 2.24) is 14.5 Å². The molecule has 1 unspecified atom stereocenters. The SMILES string of the molecule is Cn1cc2c(c1C1CC1)CC(CCc1ccc3ncccc3c1)N1C(=O)C[C@@H]21. The average molecular weight is 371 g/mol. The highest BCUT2D eigenvalue weighted by molar-refractivity contribution is 5.85. The van der Waals surface area contributed by atoms with Crippen LogP contribution >= 0.6 is 0 Å². The third-order valence-electron chi connectivity index (χ3n) is 6.95. The average Bonchev–Trinajstić information content (AvgIpc) is 3.47. The predicted octanol–water partition coefficient (Wildman–Crippen LogP) is 4.28. The van der Waals surface area contributed by atoms with Gasteiger partial charge in [-0.25, -0.2) is 0 Å². The Balaban J connectivity index is 1.27. The van der Waals surface area contributed by atoms with E-state index in [0.717, 1.165) is 30.7 Å². The number of hydrogen-bond acceptors (Lipinski definition) is 2. The number of aromatic nitrogens is 2. The molecule has 28 heavy (non-hydrogen) atoms. The minimum Gasteiger partial charge on any atom is -0.354 e. The van der Waals surface area contributed by atoms with E-state index < -0.39 is 0 Å². The summed E-state index contributed by atoms with van der Waals surface area (Å²) in [7, 11) is 2.19. The molecule has 1 amide bonds. The molecule has 4 heterocycles. The summed E-state index contributed by atoms with van der Waals surface area (Å²) in [6.07, 6.45) is 10.6. The summed E-state index contributed by atoms with van der Waals surface area (Å²) in [6.45, 7) is 0. The largest absolute Gasteiger partial charge is 0.354 e. The van der Waals surface area contributed by atoms with E-state index in [2.05, 4.69) is 52.0 Å². The first-order chi connectivity index (χ1) is 13.7. The van der Waals surface area contributed by atoms with Crippen molar-refractivity contribution in [2.24, 2.45) is 7.05 Å². The Labute approximate surface area is 165 Å². The van der Waals surface area contributed by atoms with E-state index in [1.54, 1.807) is 11.3 Å². The second-order valence-electron chi connectivity index (χ2n) is 8.78. The Morgan fingerprint density at radius 1 is 1.18 bits per heavy atom. The summed E-state index contributed by atoms with van der Waals surface area (Å²) in [5, 5.41) is 1.20. The predicted molar refractivity (Wildman–Crippen MR) is 109 cm³/mol. The smallest absolute Gasteiger partial charge is 0.225 e. The lowest BCUT2D eigenvalue weighted by molar-refractivity contribution is -0.151. The maximum Gasteiger partial charge on any atom is 0.225 e. The lowest BCUT2D eigenvalue weighted by atomic mass is 9.80. The molecule has 0 bridgehead atoms. The summed E-state index contributed by atoms with van der Waals surface area (Å²) >= 11 is 0. The number of pyridine rings is 1. The molecule has 1 saturated carbocycles. The van der Waals surface area contributed by atoms with Gasteiger partial charge in [-0.1, -0.05) is 12.1 Å². The van der Waals surface area contributed by atoms with Gasteiger partial charge in [0.1, 0.15) is 0 Å². The molecule has 0 radical (unpaired) electrons. The molecule has 3 aromatic rings. The first-order valence-electron chi connectivity index (χ1n) is 10.5. The van der Waals surface area contributed by atoms with Crippen molar-refractivity contribution in [1.29, 1.82) is 0 Å². The zero-order valence-electron chi connectivity index (χ0n) is 16.3. The highest BCUT2D eigenvalue weighted by atomic mass is 16.2. The zero-order chi connectivity index (χ0) is 18.8. The van der Waals surface area contributed by atoms with Gasteiger partial charge >= 0.3 is 0 Å². The van der Waals surface area contributed by atoms with E-state index in [0.29, 0.717) is 24.4 Å². The number of β-lactam (4-membered cyclic amide) rings is 1. The Morgan fingerprint density at radius 3 is 2.89 bits per heavy atom. The molecule has 2 fully saturated rings. The first-order valence-corrected chi connectivity index (χ1v) is 10.5. The maximum atomic E-state index is 12.4. The van der Waals surface area contributed by atoms with Crippen LogP contribution in [-0.2, 0) is 24.7 Å². The van der Waals surface area contributed by atoms with E-state index >= 15 is 0 Å². The molecule has 142 valence electrons. The lowest BCUT2D eigenvalue weighted by Gasteiger charge is -2.49. The van der Waals surface area contributed by atoms with Crippen LogP contribution in [0.25, 0.3) is 10.9 Å². The van der Waals surface area contributed by atoms with Crippen LogP contribution < -0.4 is 0 Å². The molecular weight excluding hydrogens is 346 g/mol. The van der Waals surface area contributed by atoms with Crippen LogP contribution in [-0.4, -0.2) is 26.4 Å². The van der Waals surface area contributed by atoms with Crippen molar-refractivity contribution in [2.45, 2.75) is 56.5 Å². The Hall–Kier alpha value is -2.62. The number of carbonyl (C=O) groups is 1. The second-order valence-corrected chi connectivity index (χ2v) is 8.78. The molecule has 2 aromatic heterocycles. The number of aryl methyl sites for hydroxylation is 2. The number of fused-ring (bicyclic) bond motifs is 4. The van der Waals surface area contributed by atoms with Crippen LogP contribution in [0.15, 0.2) is 42.7 Å². The molecule has 1 saturated heterocycles. The third-order valence-corrected chi connectivity index (χ3v) is 6.95. The Morgan fingerprint density at radius 2 is 2.07 bits per heavy atom. The van der Waals surface area contributed by atoms with Crippen molar-refractivity contribution in [3.05, 3.63) is 65.1 Å². The normalized spacial score (nSPS) is 23.5. The summed E-state index contributed by atoms with van der Waals surface area (Å²) in [4.78, 5) is 19.0. The van der Waals surface area contributed by atoms with E-state index in [4.69, 9.17) is 0 Å². The molecule has 2 aliphatic heterocycles. The van der Waals surface area contributed by atoms with Crippen molar-refractivity contribution in [2.75, 3.05) is 0 Å². The number of carbonyl (C=O) groups excluding carboxylic acids is 1. The quantitative estimate of drug-likeness (QED) is 0.642. The number of hydrogen-bond donors (Lipinski definition) is 0. The van der Waals surface area contributed by atoms with Crippen LogP contribution in [0, 0.1) is 0 Å². The van der Waals surface area contributed by atoms with E-state index in [-0.39, 0.29) is 0 Å². The fourth-order valence-corrected chi connectivity index (χ4v) is 5.46. The molecule has 0 N–H and O–H groups in total. The van der Waals surface area contributed by atoms with E-state index in [9.17, 15) is 4.79 Å². The van der Waals surface area contributed by atoms with Crippen molar-refractivity contribution >= 4 is 16.8 Å². The molecule has 3 aliphatic rings. The minimum absolute atomic E-state index is 0.320. The van der Waals surface area contributed by atoms with Gasteiger partial charge < -0.3 is 9.47 Å². The molecule has 4 nitrogen and oxygen atoms in total. The number of nitrogens with zero attached hydrogens (tertiary/aromatic N) is 3. The van der Waals surface area contributed by atoms with Gasteiger partial charge in [-0.3, -0.25) is 9.78 Å². The highest BCUT2D eigenvalue weighted by Gasteiger charge is 2.48. The number of rotatable bonds is 4. The molecule has 4 heteroatoms. The zero-order valence-corrected chi connectivity index (χ0v) is 16.3. The summed E-state index contributed by atoms with van der Waals surface area (Å²) in [6, 6.07) is 11.3. The first kappa shape index (κ1) is 16.3. The molecule has 0 spiro atoms. The number of amides is 1. The molecule has 2 atom stereocenters. The second kappa shape index (κ2) is 5.94. The van der Waals surface area contributed by atoms with E-state index in [1.807, 2.05) is 12.3 Å². The highest BCUT2D eigenvalue weighted by Crippen LogP contribution is 2.50. The van der Waals surface area contributed by atoms with Gasteiger partial charge in [0.2, 0.25) is 5.91 Å². The van der Waals surface area contributed by atoms with Gasteiger partial charge in [0.05, 0.1) is 18.0 Å². The topological polar surface area (TPSA) is 38.1 Å². The molecule has 6 rings (SSSR count). The summed E-state index contributed by atoms with van der Waals surface area (Å²) < 4.78 is 2.35. The lowest BCUT2D eigenvalue weighted by Crippen LogP contribution is -2.55. The van der Waals surface area contributed by atoms with Gasteiger partial charge in [-0.2, -0.15) is 0 Å².